The molecule has 2 heteroatoms. The minimum Gasteiger partial charge on any atom is -0.383 e. The second kappa shape index (κ2) is 6.56. The Balaban J connectivity index is 1.68. The van der Waals surface area contributed by atoms with Crippen molar-refractivity contribution in [1.82, 2.24) is 0 Å². The number of hydrogen-bond acceptors (Lipinski definition) is 2. The molecule has 0 aromatic heterocycles. The topological polar surface area (TPSA) is 21.6 Å². The van der Waals surface area contributed by atoms with Gasteiger partial charge in [-0.15, -0.1) is 0 Å². The summed E-state index contributed by atoms with van der Waals surface area (Å²) in [6.07, 6.45) is 1.58. The zero-order valence-corrected chi connectivity index (χ0v) is 14.4. The molecule has 0 saturated carbocycles. The Morgan fingerprint density at radius 2 is 1.48 bits per heavy atom. The van der Waals surface area contributed by atoms with Crippen molar-refractivity contribution in [3.8, 4) is 0 Å². The largest absolute Gasteiger partial charge is 0.383 e. The van der Waals surface area contributed by atoms with E-state index in [0.29, 0.717) is 0 Å². The molecule has 124 valence electrons. The summed E-state index contributed by atoms with van der Waals surface area (Å²) < 4.78 is 0. The average molecular weight is 327 g/mol. The molecule has 0 fully saturated rings. The van der Waals surface area contributed by atoms with Crippen molar-refractivity contribution < 1.29 is 4.84 Å². The summed E-state index contributed by atoms with van der Waals surface area (Å²) in [6, 6.07) is 29.4. The van der Waals surface area contributed by atoms with Crippen molar-refractivity contribution in [2.24, 2.45) is 5.16 Å². The summed E-state index contributed by atoms with van der Waals surface area (Å²) in [7, 11) is 0. The van der Waals surface area contributed by atoms with Crippen LogP contribution in [0.1, 0.15) is 28.7 Å². The Kier molecular flexibility index (Phi) is 4.10. The third-order valence-corrected chi connectivity index (χ3v) is 4.80. The first-order valence-corrected chi connectivity index (χ1v) is 8.67. The third-order valence-electron chi connectivity index (χ3n) is 4.80. The predicted molar refractivity (Wildman–Crippen MR) is 102 cm³/mol. The van der Waals surface area contributed by atoms with E-state index >= 15 is 0 Å². The van der Waals surface area contributed by atoms with Crippen LogP contribution in [-0.2, 0) is 16.9 Å². The van der Waals surface area contributed by atoms with E-state index in [1.165, 1.54) is 16.7 Å². The SMILES string of the molecule is Cc1ccc(C2=NOC(Cc3ccccc3)(c3ccccc3)C2)cc1. The van der Waals surface area contributed by atoms with Gasteiger partial charge >= 0.3 is 0 Å². The van der Waals surface area contributed by atoms with Crippen molar-refractivity contribution in [3.05, 3.63) is 107 Å². The fourth-order valence-corrected chi connectivity index (χ4v) is 3.40. The summed E-state index contributed by atoms with van der Waals surface area (Å²) in [5, 5.41) is 4.48. The first-order valence-electron chi connectivity index (χ1n) is 8.67. The second-order valence-corrected chi connectivity index (χ2v) is 6.69. The van der Waals surface area contributed by atoms with Gasteiger partial charge in [0.05, 0.1) is 5.71 Å². The quantitative estimate of drug-likeness (QED) is 0.641. The van der Waals surface area contributed by atoms with Crippen LogP contribution < -0.4 is 0 Å². The van der Waals surface area contributed by atoms with Crippen LogP contribution in [-0.4, -0.2) is 5.71 Å². The average Bonchev–Trinajstić information content (AvgIpc) is 3.09. The second-order valence-electron chi connectivity index (χ2n) is 6.69. The Bertz CT molecular complexity index is 869. The van der Waals surface area contributed by atoms with E-state index in [4.69, 9.17) is 4.84 Å². The first kappa shape index (κ1) is 15.6. The van der Waals surface area contributed by atoms with E-state index in [1.54, 1.807) is 0 Å². The molecule has 0 amide bonds. The summed E-state index contributed by atoms with van der Waals surface area (Å²) in [5.41, 5.74) is 5.39. The minimum absolute atomic E-state index is 0.442. The van der Waals surface area contributed by atoms with Crippen molar-refractivity contribution >= 4 is 5.71 Å². The summed E-state index contributed by atoms with van der Waals surface area (Å²) in [6.45, 7) is 2.10. The molecule has 3 aromatic carbocycles. The van der Waals surface area contributed by atoms with Crippen LogP contribution in [0.4, 0.5) is 0 Å². The summed E-state index contributed by atoms with van der Waals surface area (Å²) >= 11 is 0. The molecular formula is C23H21NO. The maximum atomic E-state index is 6.12. The van der Waals surface area contributed by atoms with E-state index in [1.807, 2.05) is 12.1 Å². The van der Waals surface area contributed by atoms with Gasteiger partial charge in [0, 0.05) is 12.8 Å². The van der Waals surface area contributed by atoms with Gasteiger partial charge in [0.25, 0.3) is 0 Å². The lowest BCUT2D eigenvalue weighted by molar-refractivity contribution is -0.0230. The monoisotopic (exact) mass is 327 g/mol. The Morgan fingerprint density at radius 1 is 0.840 bits per heavy atom. The van der Waals surface area contributed by atoms with Crippen molar-refractivity contribution in [3.63, 3.8) is 0 Å². The Morgan fingerprint density at radius 3 is 2.16 bits per heavy atom. The molecule has 1 heterocycles. The number of aryl methyl sites for hydroxylation is 1. The van der Waals surface area contributed by atoms with Gasteiger partial charge in [-0.05, 0) is 23.6 Å². The first-order chi connectivity index (χ1) is 12.3. The molecule has 1 aliphatic rings. The lowest BCUT2D eigenvalue weighted by Gasteiger charge is -2.27. The van der Waals surface area contributed by atoms with Gasteiger partial charge in [-0.3, -0.25) is 0 Å². The smallest absolute Gasteiger partial charge is 0.172 e. The molecule has 25 heavy (non-hydrogen) atoms. The van der Waals surface area contributed by atoms with Crippen LogP contribution in [0.15, 0.2) is 90.1 Å². The molecule has 0 radical (unpaired) electrons. The molecule has 0 aliphatic carbocycles. The minimum atomic E-state index is -0.442. The highest BCUT2D eigenvalue weighted by molar-refractivity contribution is 6.01. The maximum Gasteiger partial charge on any atom is 0.172 e. The fraction of sp³-hybridized carbons (Fsp3) is 0.174. The molecule has 4 rings (SSSR count). The third kappa shape index (κ3) is 3.20. The molecule has 1 atom stereocenters. The molecule has 1 unspecified atom stereocenters. The van der Waals surface area contributed by atoms with Gasteiger partial charge in [0.15, 0.2) is 5.60 Å². The fourth-order valence-electron chi connectivity index (χ4n) is 3.40. The molecule has 2 nitrogen and oxygen atoms in total. The molecule has 0 bridgehead atoms. The summed E-state index contributed by atoms with van der Waals surface area (Å²) in [5.74, 6) is 0. The van der Waals surface area contributed by atoms with Crippen LogP contribution >= 0.6 is 0 Å². The zero-order valence-electron chi connectivity index (χ0n) is 14.4. The molecular weight excluding hydrogens is 306 g/mol. The van der Waals surface area contributed by atoms with Gasteiger partial charge < -0.3 is 4.84 Å². The number of benzene rings is 3. The van der Waals surface area contributed by atoms with Crippen molar-refractivity contribution in [1.29, 1.82) is 0 Å². The van der Waals surface area contributed by atoms with Crippen LogP contribution in [0.25, 0.3) is 0 Å². The Hall–Kier alpha value is -2.87. The molecule has 0 spiro atoms. The van der Waals surface area contributed by atoms with Gasteiger partial charge in [0.1, 0.15) is 0 Å². The van der Waals surface area contributed by atoms with Gasteiger partial charge in [-0.25, -0.2) is 0 Å². The normalized spacial score (nSPS) is 19.3. The number of nitrogens with zero attached hydrogens (tertiary/aromatic N) is 1. The number of hydrogen-bond donors (Lipinski definition) is 0. The highest BCUT2D eigenvalue weighted by atomic mass is 16.7. The lowest BCUT2D eigenvalue weighted by atomic mass is 9.82. The van der Waals surface area contributed by atoms with Gasteiger partial charge in [-0.2, -0.15) is 0 Å². The molecule has 3 aromatic rings. The van der Waals surface area contributed by atoms with Crippen molar-refractivity contribution in [2.45, 2.75) is 25.4 Å². The van der Waals surface area contributed by atoms with E-state index in [-0.39, 0.29) is 0 Å². The van der Waals surface area contributed by atoms with Gasteiger partial charge in [0.2, 0.25) is 0 Å². The van der Waals surface area contributed by atoms with Gasteiger partial charge in [-0.1, -0.05) is 95.6 Å². The van der Waals surface area contributed by atoms with E-state index < -0.39 is 5.60 Å². The number of oxime groups is 1. The standard InChI is InChI=1S/C23H21NO/c1-18-12-14-20(15-13-18)22-17-23(25-24-22,21-10-6-3-7-11-21)16-19-8-4-2-5-9-19/h2-15H,16-17H2,1H3. The van der Waals surface area contributed by atoms with E-state index in [2.05, 4.69) is 84.9 Å². The van der Waals surface area contributed by atoms with Crippen LogP contribution in [0.3, 0.4) is 0 Å². The molecule has 0 saturated heterocycles. The van der Waals surface area contributed by atoms with Crippen molar-refractivity contribution in [2.75, 3.05) is 0 Å². The predicted octanol–water partition coefficient (Wildman–Crippen LogP) is 5.26. The molecule has 1 aliphatic heterocycles. The van der Waals surface area contributed by atoms with Crippen LogP contribution in [0.2, 0.25) is 0 Å². The zero-order chi connectivity index (χ0) is 17.1. The Labute approximate surface area is 148 Å². The van der Waals surface area contributed by atoms with Crippen LogP contribution in [0, 0.1) is 6.92 Å². The van der Waals surface area contributed by atoms with E-state index in [0.717, 1.165) is 24.1 Å². The summed E-state index contributed by atoms with van der Waals surface area (Å²) in [4.78, 5) is 6.12. The maximum absolute atomic E-state index is 6.12. The molecule has 0 N–H and O–H groups in total. The van der Waals surface area contributed by atoms with E-state index in [9.17, 15) is 0 Å². The highest BCUT2D eigenvalue weighted by Gasteiger charge is 2.41. The van der Waals surface area contributed by atoms with Crippen LogP contribution in [0.5, 0.6) is 0 Å². The lowest BCUT2D eigenvalue weighted by Crippen LogP contribution is -2.29. The highest BCUT2D eigenvalue weighted by Crippen LogP contribution is 2.39. The number of rotatable bonds is 4.